The summed E-state index contributed by atoms with van der Waals surface area (Å²) in [6.07, 6.45) is 1.65. The summed E-state index contributed by atoms with van der Waals surface area (Å²) in [5.41, 5.74) is 7.38. The van der Waals surface area contributed by atoms with Crippen LogP contribution in [0, 0.1) is 11.8 Å². The number of pyridine rings is 1. The number of nitrogens with two attached hydrogens (primary N) is 1. The largest absolute Gasteiger partial charge is 0.494 e. The molecule has 0 saturated carbocycles. The fraction of sp³-hybridized carbons (Fsp3) is 0.133. The van der Waals surface area contributed by atoms with Crippen molar-refractivity contribution in [3.63, 3.8) is 0 Å². The van der Waals surface area contributed by atoms with Crippen LogP contribution >= 0.6 is 15.9 Å². The maximum absolute atomic E-state index is 5.76. The van der Waals surface area contributed by atoms with Crippen molar-refractivity contribution < 1.29 is 4.74 Å². The molecule has 4 heteroatoms. The van der Waals surface area contributed by atoms with Crippen LogP contribution in [0.4, 0.5) is 5.82 Å². The number of hydrogen-bond acceptors (Lipinski definition) is 3. The van der Waals surface area contributed by atoms with E-state index in [0.29, 0.717) is 18.0 Å². The topological polar surface area (TPSA) is 48.1 Å². The second-order valence-corrected chi connectivity index (χ2v) is 4.71. The SMILES string of the molecule is CCOc1ccc(C#Cc2cc(Br)cnc2N)cc1. The van der Waals surface area contributed by atoms with Gasteiger partial charge in [0.25, 0.3) is 0 Å². The summed E-state index contributed by atoms with van der Waals surface area (Å²) < 4.78 is 6.23. The number of halogens is 1. The van der Waals surface area contributed by atoms with Crippen molar-refractivity contribution in [3.8, 4) is 17.6 Å². The van der Waals surface area contributed by atoms with Gasteiger partial charge in [-0.1, -0.05) is 11.8 Å². The van der Waals surface area contributed by atoms with Crippen LogP contribution in [0.5, 0.6) is 5.75 Å². The second-order valence-electron chi connectivity index (χ2n) is 3.79. The van der Waals surface area contributed by atoms with E-state index in [9.17, 15) is 0 Å². The molecule has 0 amide bonds. The summed E-state index contributed by atoms with van der Waals surface area (Å²) in [4.78, 5) is 4.04. The Morgan fingerprint density at radius 2 is 2.00 bits per heavy atom. The number of nitrogen functional groups attached to an aromatic ring is 1. The van der Waals surface area contributed by atoms with Crippen LogP contribution in [0.3, 0.4) is 0 Å². The molecular formula is C15H13BrN2O. The quantitative estimate of drug-likeness (QED) is 0.865. The van der Waals surface area contributed by atoms with Crippen molar-refractivity contribution in [2.75, 3.05) is 12.3 Å². The molecule has 3 nitrogen and oxygen atoms in total. The fourth-order valence-electron chi connectivity index (χ4n) is 1.49. The minimum Gasteiger partial charge on any atom is -0.494 e. The molecule has 2 N–H and O–H groups in total. The Bertz CT molecular complexity index is 627. The van der Waals surface area contributed by atoms with Crippen molar-refractivity contribution in [1.82, 2.24) is 4.98 Å². The highest BCUT2D eigenvalue weighted by molar-refractivity contribution is 9.10. The van der Waals surface area contributed by atoms with Crippen molar-refractivity contribution >= 4 is 21.7 Å². The predicted molar refractivity (Wildman–Crippen MR) is 79.9 cm³/mol. The van der Waals surface area contributed by atoms with Gasteiger partial charge in [0.2, 0.25) is 0 Å². The average molecular weight is 317 g/mol. The highest BCUT2D eigenvalue weighted by atomic mass is 79.9. The molecule has 0 aliphatic carbocycles. The lowest BCUT2D eigenvalue weighted by atomic mass is 10.2. The molecule has 2 rings (SSSR count). The standard InChI is InChI=1S/C15H13BrN2O/c1-2-19-14-7-4-11(5-8-14)3-6-12-9-13(16)10-18-15(12)17/h4-5,7-10H,2H2,1H3,(H2,17,18). The van der Waals surface area contributed by atoms with Crippen LogP contribution in [0.25, 0.3) is 0 Å². The fourth-order valence-corrected chi connectivity index (χ4v) is 1.82. The van der Waals surface area contributed by atoms with Gasteiger partial charge in [-0.3, -0.25) is 0 Å². The van der Waals surface area contributed by atoms with Crippen LogP contribution in [-0.4, -0.2) is 11.6 Å². The maximum atomic E-state index is 5.76. The number of rotatable bonds is 2. The van der Waals surface area contributed by atoms with Gasteiger partial charge in [-0.15, -0.1) is 0 Å². The summed E-state index contributed by atoms with van der Waals surface area (Å²) in [7, 11) is 0. The smallest absolute Gasteiger partial charge is 0.139 e. The van der Waals surface area contributed by atoms with E-state index < -0.39 is 0 Å². The minimum absolute atomic E-state index is 0.432. The monoisotopic (exact) mass is 316 g/mol. The zero-order chi connectivity index (χ0) is 13.7. The number of hydrogen-bond donors (Lipinski definition) is 1. The molecule has 1 heterocycles. The molecule has 96 valence electrons. The molecule has 0 radical (unpaired) electrons. The van der Waals surface area contributed by atoms with Crippen LogP contribution in [-0.2, 0) is 0 Å². The van der Waals surface area contributed by atoms with Crippen LogP contribution in [0.1, 0.15) is 18.1 Å². The lowest BCUT2D eigenvalue weighted by Crippen LogP contribution is -1.93. The molecule has 0 bridgehead atoms. The molecule has 0 fully saturated rings. The van der Waals surface area contributed by atoms with Crippen LogP contribution in [0.2, 0.25) is 0 Å². The van der Waals surface area contributed by atoms with Gasteiger partial charge in [0, 0.05) is 16.2 Å². The van der Waals surface area contributed by atoms with Gasteiger partial charge < -0.3 is 10.5 Å². The first kappa shape index (κ1) is 13.4. The summed E-state index contributed by atoms with van der Waals surface area (Å²) >= 11 is 3.35. The van der Waals surface area contributed by atoms with E-state index in [0.717, 1.165) is 15.8 Å². The predicted octanol–water partition coefficient (Wildman–Crippen LogP) is 3.22. The van der Waals surface area contributed by atoms with Gasteiger partial charge in [0.05, 0.1) is 12.2 Å². The van der Waals surface area contributed by atoms with Gasteiger partial charge in [0.15, 0.2) is 0 Å². The third-order valence-electron chi connectivity index (χ3n) is 2.39. The molecule has 0 aliphatic heterocycles. The van der Waals surface area contributed by atoms with E-state index in [2.05, 4.69) is 32.8 Å². The number of nitrogens with zero attached hydrogens (tertiary/aromatic N) is 1. The Kier molecular flexibility index (Phi) is 4.43. The molecule has 1 aromatic heterocycles. The van der Waals surface area contributed by atoms with Crippen molar-refractivity contribution in [2.45, 2.75) is 6.92 Å². The number of ether oxygens (including phenoxy) is 1. The molecule has 2 aromatic rings. The molecule has 0 unspecified atom stereocenters. The zero-order valence-corrected chi connectivity index (χ0v) is 12.1. The van der Waals surface area contributed by atoms with E-state index in [1.165, 1.54) is 0 Å². The van der Waals surface area contributed by atoms with Gasteiger partial charge in [0.1, 0.15) is 11.6 Å². The summed E-state index contributed by atoms with van der Waals surface area (Å²) in [5, 5.41) is 0. The number of benzene rings is 1. The summed E-state index contributed by atoms with van der Waals surface area (Å²) in [6.45, 7) is 2.61. The van der Waals surface area contributed by atoms with Crippen molar-refractivity contribution in [1.29, 1.82) is 0 Å². The molecular weight excluding hydrogens is 304 g/mol. The molecule has 0 saturated heterocycles. The van der Waals surface area contributed by atoms with Gasteiger partial charge in [-0.05, 0) is 53.2 Å². The van der Waals surface area contributed by atoms with E-state index in [1.807, 2.05) is 37.3 Å². The minimum atomic E-state index is 0.432. The van der Waals surface area contributed by atoms with Crippen molar-refractivity contribution in [3.05, 3.63) is 52.1 Å². The highest BCUT2D eigenvalue weighted by Crippen LogP contribution is 2.15. The van der Waals surface area contributed by atoms with Crippen molar-refractivity contribution in [2.24, 2.45) is 0 Å². The third kappa shape index (κ3) is 3.73. The first-order valence-electron chi connectivity index (χ1n) is 5.85. The van der Waals surface area contributed by atoms with E-state index >= 15 is 0 Å². The second kappa shape index (κ2) is 6.26. The van der Waals surface area contributed by atoms with Crippen LogP contribution < -0.4 is 10.5 Å². The first-order chi connectivity index (χ1) is 9.19. The molecule has 0 aliphatic rings. The normalized spacial score (nSPS) is 9.58. The Morgan fingerprint density at radius 1 is 1.26 bits per heavy atom. The zero-order valence-electron chi connectivity index (χ0n) is 10.5. The molecule has 0 spiro atoms. The van der Waals surface area contributed by atoms with Gasteiger partial charge in [-0.25, -0.2) is 4.98 Å². The lowest BCUT2D eigenvalue weighted by Gasteiger charge is -2.01. The Balaban J connectivity index is 2.21. The van der Waals surface area contributed by atoms with Crippen LogP contribution in [0.15, 0.2) is 41.0 Å². The average Bonchev–Trinajstić information content (AvgIpc) is 2.42. The summed E-state index contributed by atoms with van der Waals surface area (Å²) in [5.74, 6) is 7.34. The Morgan fingerprint density at radius 3 is 2.68 bits per heavy atom. The summed E-state index contributed by atoms with van der Waals surface area (Å²) in [6, 6.07) is 9.48. The number of aromatic nitrogens is 1. The Labute approximate surface area is 120 Å². The maximum Gasteiger partial charge on any atom is 0.139 e. The van der Waals surface area contributed by atoms with Gasteiger partial charge in [-0.2, -0.15) is 0 Å². The molecule has 19 heavy (non-hydrogen) atoms. The Hall–Kier alpha value is -1.99. The van der Waals surface area contributed by atoms with E-state index in [4.69, 9.17) is 10.5 Å². The lowest BCUT2D eigenvalue weighted by molar-refractivity contribution is 0.340. The molecule has 0 atom stereocenters. The van der Waals surface area contributed by atoms with E-state index in [-0.39, 0.29) is 0 Å². The van der Waals surface area contributed by atoms with Gasteiger partial charge >= 0.3 is 0 Å². The molecule has 1 aromatic carbocycles. The van der Waals surface area contributed by atoms with E-state index in [1.54, 1.807) is 6.20 Å². The third-order valence-corrected chi connectivity index (χ3v) is 2.83. The first-order valence-corrected chi connectivity index (χ1v) is 6.64. The number of anilines is 1. The highest BCUT2D eigenvalue weighted by Gasteiger charge is 1.97.